The fourth-order valence-corrected chi connectivity index (χ4v) is 4.30. The number of rotatable bonds is 4. The van der Waals surface area contributed by atoms with Gasteiger partial charge >= 0.3 is 10.2 Å². The predicted molar refractivity (Wildman–Crippen MR) is 97.7 cm³/mol. The van der Waals surface area contributed by atoms with E-state index < -0.39 is 10.2 Å². The van der Waals surface area contributed by atoms with Crippen molar-refractivity contribution in [3.63, 3.8) is 0 Å². The molecule has 0 spiro atoms. The van der Waals surface area contributed by atoms with Crippen molar-refractivity contribution in [1.82, 2.24) is 9.29 Å². The quantitative estimate of drug-likeness (QED) is 0.857. The Kier molecular flexibility index (Phi) is 5.30. The number of aromatic nitrogens is 1. The van der Waals surface area contributed by atoms with Gasteiger partial charge in [0, 0.05) is 30.4 Å². The summed E-state index contributed by atoms with van der Waals surface area (Å²) >= 11 is 12.2. The van der Waals surface area contributed by atoms with E-state index in [2.05, 4.69) is 9.71 Å². The van der Waals surface area contributed by atoms with Gasteiger partial charge in [-0.05, 0) is 31.0 Å². The molecule has 8 heteroatoms. The zero-order valence-corrected chi connectivity index (χ0v) is 15.2. The topological polar surface area (TPSA) is 62.3 Å². The molecule has 3 rings (SSSR count). The highest BCUT2D eigenvalue weighted by Gasteiger charge is 2.24. The van der Waals surface area contributed by atoms with Crippen LogP contribution in [-0.2, 0) is 10.2 Å². The van der Waals surface area contributed by atoms with Crippen LogP contribution in [0.15, 0.2) is 36.5 Å². The van der Waals surface area contributed by atoms with Gasteiger partial charge < -0.3 is 0 Å². The van der Waals surface area contributed by atoms with Gasteiger partial charge in [0.2, 0.25) is 0 Å². The van der Waals surface area contributed by atoms with Crippen molar-refractivity contribution in [3.8, 4) is 11.1 Å². The summed E-state index contributed by atoms with van der Waals surface area (Å²) in [6, 6.07) is 8.73. The molecule has 1 aliphatic rings. The Hall–Kier alpha value is -1.34. The third-order valence-electron chi connectivity index (χ3n) is 3.91. The van der Waals surface area contributed by atoms with Crippen molar-refractivity contribution in [2.24, 2.45) is 0 Å². The highest BCUT2D eigenvalue weighted by molar-refractivity contribution is 7.90. The van der Waals surface area contributed by atoms with Gasteiger partial charge in [0.25, 0.3) is 0 Å². The van der Waals surface area contributed by atoms with Crippen molar-refractivity contribution < 1.29 is 8.42 Å². The first-order valence-corrected chi connectivity index (χ1v) is 9.85. The summed E-state index contributed by atoms with van der Waals surface area (Å²) < 4.78 is 28.7. The maximum Gasteiger partial charge on any atom is 0.302 e. The summed E-state index contributed by atoms with van der Waals surface area (Å²) in [6.07, 6.45) is 4.42. The maximum atomic E-state index is 12.3. The Balaban J connectivity index is 1.78. The van der Waals surface area contributed by atoms with Gasteiger partial charge in [-0.1, -0.05) is 41.8 Å². The van der Waals surface area contributed by atoms with E-state index in [9.17, 15) is 8.42 Å². The molecule has 5 nitrogen and oxygen atoms in total. The molecule has 24 heavy (non-hydrogen) atoms. The lowest BCUT2D eigenvalue weighted by atomic mass is 10.1. The summed E-state index contributed by atoms with van der Waals surface area (Å²) in [6.45, 7) is 1.09. The lowest BCUT2D eigenvalue weighted by Gasteiger charge is -2.25. The molecule has 1 fully saturated rings. The van der Waals surface area contributed by atoms with Crippen molar-refractivity contribution in [1.29, 1.82) is 0 Å². The second kappa shape index (κ2) is 7.27. The first-order valence-electron chi connectivity index (χ1n) is 7.66. The van der Waals surface area contributed by atoms with E-state index in [4.69, 9.17) is 23.2 Å². The minimum atomic E-state index is -3.56. The number of piperidine rings is 1. The molecule has 0 atom stereocenters. The number of anilines is 1. The van der Waals surface area contributed by atoms with Gasteiger partial charge in [0.15, 0.2) is 0 Å². The van der Waals surface area contributed by atoms with Gasteiger partial charge in [0.1, 0.15) is 5.82 Å². The summed E-state index contributed by atoms with van der Waals surface area (Å²) in [4.78, 5) is 4.19. The van der Waals surface area contributed by atoms with Gasteiger partial charge in [-0.2, -0.15) is 12.7 Å². The summed E-state index contributed by atoms with van der Waals surface area (Å²) in [5.41, 5.74) is 1.52. The average Bonchev–Trinajstić information content (AvgIpc) is 2.59. The number of hydrogen-bond acceptors (Lipinski definition) is 3. The van der Waals surface area contributed by atoms with Crippen LogP contribution in [0.25, 0.3) is 11.1 Å². The Labute approximate surface area is 151 Å². The molecular formula is C16H17Cl2N3O2S. The molecule has 0 saturated carbocycles. The average molecular weight is 386 g/mol. The Morgan fingerprint density at radius 3 is 2.46 bits per heavy atom. The van der Waals surface area contributed by atoms with E-state index in [-0.39, 0.29) is 5.82 Å². The molecule has 2 heterocycles. The lowest BCUT2D eigenvalue weighted by Crippen LogP contribution is -2.39. The molecule has 128 valence electrons. The molecule has 1 aliphatic heterocycles. The first-order chi connectivity index (χ1) is 11.5. The number of pyridine rings is 1. The number of hydrogen-bond donors (Lipinski definition) is 1. The Morgan fingerprint density at radius 2 is 1.79 bits per heavy atom. The highest BCUT2D eigenvalue weighted by atomic mass is 35.5. The SMILES string of the molecule is O=S(=O)(Nc1ccc(-c2cccc(Cl)c2Cl)cn1)N1CCCCC1. The molecule has 0 unspecified atom stereocenters. The molecule has 2 aromatic rings. The molecule has 1 N–H and O–H groups in total. The third-order valence-corrected chi connectivity index (χ3v) is 6.25. The lowest BCUT2D eigenvalue weighted by molar-refractivity contribution is 0.349. The number of halogens is 2. The van der Waals surface area contributed by atoms with Gasteiger partial charge in [-0.25, -0.2) is 4.98 Å². The standard InChI is InChI=1S/C16H17Cl2N3O2S/c17-14-6-4-5-13(16(14)18)12-7-8-15(19-11-12)20-24(22,23)21-9-2-1-3-10-21/h4-8,11H,1-3,9-10H2,(H,19,20). The highest BCUT2D eigenvalue weighted by Crippen LogP contribution is 2.33. The first kappa shape index (κ1) is 17.5. The minimum Gasteiger partial charge on any atom is -0.254 e. The third kappa shape index (κ3) is 3.83. The molecule has 1 aromatic heterocycles. The van der Waals surface area contributed by atoms with E-state index in [0.29, 0.717) is 23.1 Å². The van der Waals surface area contributed by atoms with Crippen LogP contribution in [0, 0.1) is 0 Å². The zero-order valence-electron chi connectivity index (χ0n) is 12.9. The van der Waals surface area contributed by atoms with Crippen molar-refractivity contribution in [2.45, 2.75) is 19.3 Å². The van der Waals surface area contributed by atoms with Gasteiger partial charge in [0.05, 0.1) is 10.0 Å². The van der Waals surface area contributed by atoms with Crippen LogP contribution in [0.1, 0.15) is 19.3 Å². The number of benzene rings is 1. The molecule has 0 aliphatic carbocycles. The molecule has 0 bridgehead atoms. The van der Waals surface area contributed by atoms with Crippen LogP contribution in [-0.4, -0.2) is 30.8 Å². The summed E-state index contributed by atoms with van der Waals surface area (Å²) in [7, 11) is -3.56. The molecule has 1 saturated heterocycles. The summed E-state index contributed by atoms with van der Waals surface area (Å²) in [5.74, 6) is 0.280. The number of nitrogens with one attached hydrogen (secondary N) is 1. The van der Waals surface area contributed by atoms with E-state index in [0.717, 1.165) is 30.4 Å². The Morgan fingerprint density at radius 1 is 1.04 bits per heavy atom. The molecule has 0 amide bonds. The van der Waals surface area contributed by atoms with Crippen molar-refractivity contribution >= 4 is 39.2 Å². The Bertz CT molecular complexity index is 820. The second-order valence-electron chi connectivity index (χ2n) is 5.60. The molecule has 1 aromatic carbocycles. The van der Waals surface area contributed by atoms with Crippen LogP contribution in [0.3, 0.4) is 0 Å². The van der Waals surface area contributed by atoms with Crippen LogP contribution in [0.5, 0.6) is 0 Å². The normalized spacial score (nSPS) is 16.1. The zero-order chi connectivity index (χ0) is 17.2. The monoisotopic (exact) mass is 385 g/mol. The molecular weight excluding hydrogens is 369 g/mol. The van der Waals surface area contributed by atoms with E-state index in [1.165, 1.54) is 4.31 Å². The summed E-state index contributed by atoms with van der Waals surface area (Å²) in [5, 5.41) is 0.909. The number of nitrogens with zero attached hydrogens (tertiary/aromatic N) is 2. The minimum absolute atomic E-state index is 0.280. The van der Waals surface area contributed by atoms with E-state index >= 15 is 0 Å². The largest absolute Gasteiger partial charge is 0.302 e. The van der Waals surface area contributed by atoms with E-state index in [1.54, 1.807) is 30.5 Å². The fraction of sp³-hybridized carbons (Fsp3) is 0.312. The predicted octanol–water partition coefficient (Wildman–Crippen LogP) is 4.20. The smallest absolute Gasteiger partial charge is 0.254 e. The van der Waals surface area contributed by atoms with Crippen LogP contribution >= 0.6 is 23.2 Å². The van der Waals surface area contributed by atoms with Crippen LogP contribution < -0.4 is 4.72 Å². The van der Waals surface area contributed by atoms with Crippen LogP contribution in [0.4, 0.5) is 5.82 Å². The van der Waals surface area contributed by atoms with Crippen molar-refractivity contribution in [3.05, 3.63) is 46.6 Å². The second-order valence-corrected chi connectivity index (χ2v) is 8.06. The van der Waals surface area contributed by atoms with Gasteiger partial charge in [-0.15, -0.1) is 0 Å². The van der Waals surface area contributed by atoms with Crippen LogP contribution in [0.2, 0.25) is 10.0 Å². The molecule has 0 radical (unpaired) electrons. The fourth-order valence-electron chi connectivity index (χ4n) is 2.64. The van der Waals surface area contributed by atoms with E-state index in [1.807, 2.05) is 6.07 Å². The van der Waals surface area contributed by atoms with Gasteiger partial charge in [-0.3, -0.25) is 4.72 Å². The maximum absolute atomic E-state index is 12.3. The van der Waals surface area contributed by atoms with Crippen molar-refractivity contribution in [2.75, 3.05) is 17.8 Å².